The number of nitrogens with one attached hydrogen (secondary N) is 3. The van der Waals surface area contributed by atoms with Crippen LogP contribution in [0.4, 0.5) is 41.6 Å². The Bertz CT molecular complexity index is 922. The third-order valence-electron chi connectivity index (χ3n) is 4.58. The normalized spacial score (nSPS) is 15.9. The molecule has 1 aromatic carbocycles. The van der Waals surface area contributed by atoms with Gasteiger partial charge in [0.2, 0.25) is 0 Å². The van der Waals surface area contributed by atoms with Crippen molar-refractivity contribution in [1.82, 2.24) is 20.2 Å². The minimum Gasteiger partial charge on any atom is -0.426 e. The fourth-order valence-corrected chi connectivity index (χ4v) is 3.06. The van der Waals surface area contributed by atoms with Crippen molar-refractivity contribution in [3.05, 3.63) is 24.5 Å². The minimum atomic E-state index is -5.77. The molecule has 3 N–H and O–H groups in total. The van der Waals surface area contributed by atoms with Gasteiger partial charge in [0.15, 0.2) is 0 Å². The number of hydrogen-bond donors (Lipinski definition) is 3. The highest BCUT2D eigenvalue weighted by atomic mass is 19.4. The van der Waals surface area contributed by atoms with Crippen LogP contribution in [0.2, 0.25) is 0 Å². The number of piperidine rings is 1. The minimum absolute atomic E-state index is 0.129. The highest BCUT2D eigenvalue weighted by Crippen LogP contribution is 2.36. The van der Waals surface area contributed by atoms with Crippen molar-refractivity contribution in [2.75, 3.05) is 18.4 Å². The molecule has 0 bridgehead atoms. The summed E-state index contributed by atoms with van der Waals surface area (Å²) in [6, 6.07) is 4.03. The molecule has 1 aliphatic heterocycles. The molecule has 3 amide bonds. The molecule has 0 radical (unpaired) electrons. The van der Waals surface area contributed by atoms with E-state index in [2.05, 4.69) is 25.3 Å². The third-order valence-corrected chi connectivity index (χ3v) is 4.58. The van der Waals surface area contributed by atoms with Gasteiger partial charge >= 0.3 is 24.5 Å². The second kappa shape index (κ2) is 8.51. The molecule has 0 atom stereocenters. The molecule has 2 aromatic rings. The summed E-state index contributed by atoms with van der Waals surface area (Å²) in [5, 5.41) is 5.25. The van der Waals surface area contributed by atoms with Gasteiger partial charge in [-0.1, -0.05) is 0 Å². The van der Waals surface area contributed by atoms with Gasteiger partial charge in [-0.25, -0.2) is 14.6 Å². The highest BCUT2D eigenvalue weighted by Gasteiger charge is 2.60. The largest absolute Gasteiger partial charge is 0.434 e. The predicted octanol–water partition coefficient (Wildman–Crippen LogP) is 3.78. The maximum absolute atomic E-state index is 12.5. The van der Waals surface area contributed by atoms with E-state index in [-0.39, 0.29) is 25.9 Å². The Kier molecular flexibility index (Phi) is 6.18. The molecule has 14 heteroatoms. The topological polar surface area (TPSA) is 99.4 Å². The van der Waals surface area contributed by atoms with Gasteiger partial charge in [-0.3, -0.25) is 0 Å². The number of urea groups is 1. The molecule has 0 spiro atoms. The summed E-state index contributed by atoms with van der Waals surface area (Å²) in [4.78, 5) is 31.6. The second-order valence-corrected chi connectivity index (χ2v) is 6.84. The summed E-state index contributed by atoms with van der Waals surface area (Å²) in [6.07, 6.45) is -15.7. The zero-order valence-corrected chi connectivity index (χ0v) is 15.7. The lowest BCUT2D eigenvalue weighted by atomic mass is 10.1. The number of anilines is 1. The molecule has 0 saturated carbocycles. The number of likely N-dealkylation sites (tertiary alicyclic amines) is 1. The Hall–Kier alpha value is -3.19. The van der Waals surface area contributed by atoms with Crippen LogP contribution in [0, 0.1) is 0 Å². The predicted molar refractivity (Wildman–Crippen MR) is 95.2 cm³/mol. The van der Waals surface area contributed by atoms with Crippen molar-refractivity contribution in [2.24, 2.45) is 0 Å². The number of halogens is 6. The number of H-pyrrole nitrogens is 1. The first-order chi connectivity index (χ1) is 14.4. The average Bonchev–Trinajstić information content (AvgIpc) is 3.12. The van der Waals surface area contributed by atoms with Crippen LogP contribution in [-0.2, 0) is 4.74 Å². The lowest BCUT2D eigenvalue weighted by molar-refractivity contribution is -0.308. The summed E-state index contributed by atoms with van der Waals surface area (Å²) in [7, 11) is 0. The summed E-state index contributed by atoms with van der Waals surface area (Å²) >= 11 is 0. The quantitative estimate of drug-likeness (QED) is 0.616. The van der Waals surface area contributed by atoms with Crippen LogP contribution < -0.4 is 10.6 Å². The molecule has 170 valence electrons. The Morgan fingerprint density at radius 2 is 1.77 bits per heavy atom. The van der Waals surface area contributed by atoms with Crippen molar-refractivity contribution in [3.8, 4) is 0 Å². The van der Waals surface area contributed by atoms with Crippen LogP contribution in [0.3, 0.4) is 0 Å². The summed E-state index contributed by atoms with van der Waals surface area (Å²) in [5.41, 5.74) is 1.90. The number of nitrogens with zero attached hydrogens (tertiary/aromatic N) is 2. The Morgan fingerprint density at radius 3 is 2.39 bits per heavy atom. The Balaban J connectivity index is 1.48. The molecular formula is C17H17F6N5O3. The van der Waals surface area contributed by atoms with Crippen molar-refractivity contribution >= 4 is 28.8 Å². The lowest BCUT2D eigenvalue weighted by Gasteiger charge is -2.33. The molecule has 0 unspecified atom stereocenters. The van der Waals surface area contributed by atoms with Crippen LogP contribution in [0.5, 0.6) is 0 Å². The lowest BCUT2D eigenvalue weighted by Crippen LogP contribution is -2.51. The number of amides is 3. The number of hydrogen-bond acceptors (Lipinski definition) is 4. The monoisotopic (exact) mass is 453 g/mol. The third kappa shape index (κ3) is 5.70. The number of rotatable bonds is 3. The van der Waals surface area contributed by atoms with E-state index in [4.69, 9.17) is 0 Å². The van der Waals surface area contributed by atoms with Crippen LogP contribution in [0.1, 0.15) is 12.8 Å². The highest BCUT2D eigenvalue weighted by molar-refractivity contribution is 5.92. The van der Waals surface area contributed by atoms with Crippen LogP contribution in [0.15, 0.2) is 24.5 Å². The number of alkyl halides is 6. The van der Waals surface area contributed by atoms with Gasteiger partial charge in [0.05, 0.1) is 17.4 Å². The zero-order chi connectivity index (χ0) is 22.8. The first kappa shape index (κ1) is 22.5. The fraction of sp³-hybridized carbons (Fsp3) is 0.471. The summed E-state index contributed by atoms with van der Waals surface area (Å²) in [6.45, 7) is -0.350. The van der Waals surface area contributed by atoms with Gasteiger partial charge in [0.1, 0.15) is 0 Å². The SMILES string of the molecule is O=C(Nc1ccc2[nH]cnc2c1)NC1CCN(C(=O)OC(C(F)(F)F)C(F)(F)F)CC1. The van der Waals surface area contributed by atoms with Crippen LogP contribution in [0.25, 0.3) is 11.0 Å². The van der Waals surface area contributed by atoms with Gasteiger partial charge in [0, 0.05) is 24.8 Å². The Morgan fingerprint density at radius 1 is 1.13 bits per heavy atom. The maximum Gasteiger partial charge on any atom is 0.434 e. The number of carbonyl (C=O) groups is 2. The van der Waals surface area contributed by atoms with Crippen LogP contribution in [-0.4, -0.2) is 64.6 Å². The van der Waals surface area contributed by atoms with E-state index in [1.807, 2.05) is 0 Å². The van der Waals surface area contributed by atoms with E-state index in [0.717, 1.165) is 10.4 Å². The molecule has 2 heterocycles. The van der Waals surface area contributed by atoms with Gasteiger partial charge < -0.3 is 25.3 Å². The number of fused-ring (bicyclic) bond motifs is 1. The molecule has 8 nitrogen and oxygen atoms in total. The number of benzene rings is 1. The average molecular weight is 453 g/mol. The first-order valence-corrected chi connectivity index (χ1v) is 9.03. The van der Waals surface area contributed by atoms with Crippen LogP contribution >= 0.6 is 0 Å². The fourth-order valence-electron chi connectivity index (χ4n) is 3.06. The van der Waals surface area contributed by atoms with Gasteiger partial charge in [0.25, 0.3) is 6.10 Å². The van der Waals surface area contributed by atoms with E-state index in [9.17, 15) is 35.9 Å². The molecule has 1 saturated heterocycles. The number of carbonyl (C=O) groups excluding carboxylic acids is 2. The number of imidazole rings is 1. The molecule has 31 heavy (non-hydrogen) atoms. The number of aromatic amines is 1. The van der Waals surface area contributed by atoms with E-state index < -0.39 is 36.6 Å². The van der Waals surface area contributed by atoms with Gasteiger partial charge in [-0.2, -0.15) is 26.3 Å². The smallest absolute Gasteiger partial charge is 0.426 e. The van der Waals surface area contributed by atoms with E-state index in [0.29, 0.717) is 11.2 Å². The summed E-state index contributed by atoms with van der Waals surface area (Å²) < 4.78 is 78.8. The molecule has 1 fully saturated rings. The van der Waals surface area contributed by atoms with Gasteiger partial charge in [-0.05, 0) is 31.0 Å². The first-order valence-electron chi connectivity index (χ1n) is 9.03. The number of aromatic nitrogens is 2. The molecule has 0 aliphatic carbocycles. The molecule has 3 rings (SSSR count). The van der Waals surface area contributed by atoms with E-state index >= 15 is 0 Å². The van der Waals surface area contributed by atoms with Crippen molar-refractivity contribution in [2.45, 2.75) is 37.3 Å². The second-order valence-electron chi connectivity index (χ2n) is 6.84. The van der Waals surface area contributed by atoms with Crippen molar-refractivity contribution < 1.29 is 40.7 Å². The van der Waals surface area contributed by atoms with E-state index in [1.165, 1.54) is 6.33 Å². The number of ether oxygens (including phenoxy) is 1. The summed E-state index contributed by atoms with van der Waals surface area (Å²) in [5.74, 6) is 0. The molecule has 1 aromatic heterocycles. The zero-order valence-electron chi connectivity index (χ0n) is 15.7. The Labute approximate surface area is 170 Å². The molecule has 1 aliphatic rings. The standard InChI is InChI=1S/C17H17F6N5O3/c18-16(19,20)13(17(21,22)23)31-15(30)28-5-3-9(4-6-28)26-14(29)27-10-1-2-11-12(7-10)25-8-24-11/h1-2,7-9,13H,3-6H2,(H,24,25)(H2,26,27,29). The molecular weight excluding hydrogens is 436 g/mol. The van der Waals surface area contributed by atoms with Crippen molar-refractivity contribution in [3.63, 3.8) is 0 Å². The van der Waals surface area contributed by atoms with E-state index in [1.54, 1.807) is 18.2 Å². The van der Waals surface area contributed by atoms with Crippen molar-refractivity contribution in [1.29, 1.82) is 0 Å². The maximum atomic E-state index is 12.5. The van der Waals surface area contributed by atoms with Gasteiger partial charge in [-0.15, -0.1) is 0 Å².